The van der Waals surface area contributed by atoms with Gasteiger partial charge in [0.25, 0.3) is 0 Å². The Morgan fingerprint density at radius 3 is 2.81 bits per heavy atom. The number of hydrogen-bond donors (Lipinski definition) is 3. The number of hydrogen-bond acceptors (Lipinski definition) is 4. The molecule has 172 valence electrons. The van der Waals surface area contributed by atoms with E-state index in [1.807, 2.05) is 0 Å². The minimum atomic E-state index is -0.163. The van der Waals surface area contributed by atoms with Crippen molar-refractivity contribution in [2.75, 3.05) is 50.7 Å². The molecule has 2 aliphatic heterocycles. The third-order valence-electron chi connectivity index (χ3n) is 6.35. The summed E-state index contributed by atoms with van der Waals surface area (Å²) < 4.78 is 0. The molecule has 7 nitrogen and oxygen atoms in total. The number of aliphatic imine (C=N–C) groups is 1. The fraction of sp³-hybridized carbons (Fsp3) is 0.667. The molecule has 2 fully saturated rings. The second-order valence-electron chi connectivity index (χ2n) is 8.81. The second kappa shape index (κ2) is 11.9. The van der Waals surface area contributed by atoms with Crippen molar-refractivity contribution in [3.63, 3.8) is 0 Å². The van der Waals surface area contributed by atoms with Gasteiger partial charge in [-0.2, -0.15) is 0 Å². The number of rotatable bonds is 9. The Bertz CT molecular complexity index is 731. The average Bonchev–Trinajstić information content (AvgIpc) is 3.32. The van der Waals surface area contributed by atoms with Crippen LogP contribution >= 0.6 is 0 Å². The molecule has 0 spiro atoms. The van der Waals surface area contributed by atoms with Crippen molar-refractivity contribution >= 4 is 17.6 Å². The summed E-state index contributed by atoms with van der Waals surface area (Å²) in [6.45, 7) is 11.0. The summed E-state index contributed by atoms with van der Waals surface area (Å²) in [5.41, 5.74) is 8.09. The van der Waals surface area contributed by atoms with Crippen LogP contribution in [-0.2, 0) is 4.79 Å². The summed E-state index contributed by atoms with van der Waals surface area (Å²) in [5.74, 6) is 0.702. The van der Waals surface area contributed by atoms with E-state index < -0.39 is 0 Å². The first-order valence-corrected chi connectivity index (χ1v) is 12.0. The van der Waals surface area contributed by atoms with Crippen LogP contribution in [0.1, 0.15) is 57.6 Å². The van der Waals surface area contributed by atoms with E-state index in [0.717, 1.165) is 71.0 Å². The molecule has 0 aromatic heterocycles. The summed E-state index contributed by atoms with van der Waals surface area (Å²) in [4.78, 5) is 21.1. The van der Waals surface area contributed by atoms with Crippen LogP contribution in [0.15, 0.2) is 29.3 Å². The van der Waals surface area contributed by atoms with Crippen LogP contribution in [0.4, 0.5) is 5.69 Å². The number of carbonyl (C=O) groups excluding carboxylic acids is 1. The molecule has 0 aliphatic carbocycles. The van der Waals surface area contributed by atoms with Crippen molar-refractivity contribution in [2.45, 2.75) is 52.0 Å². The zero-order valence-corrected chi connectivity index (χ0v) is 19.3. The standard InChI is InChI=1S/C24H40N6O/c1-3-26-24(27-12-8-14-29-13-7-10-21(18-29)23(25)31)28-19(2)20-9-6-11-22(17-20)30-15-4-5-16-30/h6,9,11,17,19,21H,3-5,7-8,10,12-16,18H2,1-2H3,(H2,25,31)(H2,26,27,28). The smallest absolute Gasteiger partial charge is 0.221 e. The Labute approximate surface area is 187 Å². The lowest BCUT2D eigenvalue weighted by Gasteiger charge is -2.30. The maximum absolute atomic E-state index is 11.5. The molecule has 2 saturated heterocycles. The summed E-state index contributed by atoms with van der Waals surface area (Å²) in [6, 6.07) is 9.04. The number of likely N-dealkylation sites (tertiary alicyclic amines) is 1. The normalized spacial score (nSPS) is 21.2. The van der Waals surface area contributed by atoms with Crippen LogP contribution in [0.3, 0.4) is 0 Å². The number of guanidine groups is 1. The van der Waals surface area contributed by atoms with Gasteiger partial charge in [-0.05, 0) is 76.7 Å². The largest absolute Gasteiger partial charge is 0.372 e. The minimum Gasteiger partial charge on any atom is -0.372 e. The number of anilines is 1. The summed E-state index contributed by atoms with van der Waals surface area (Å²) in [5, 5.41) is 6.93. The molecule has 4 N–H and O–H groups in total. The molecule has 0 saturated carbocycles. The fourth-order valence-electron chi connectivity index (χ4n) is 4.55. The highest BCUT2D eigenvalue weighted by Crippen LogP contribution is 2.24. The third-order valence-corrected chi connectivity index (χ3v) is 6.35. The Balaban J connectivity index is 1.50. The topological polar surface area (TPSA) is 86.0 Å². The summed E-state index contributed by atoms with van der Waals surface area (Å²) in [7, 11) is 0. The maximum Gasteiger partial charge on any atom is 0.221 e. The van der Waals surface area contributed by atoms with Gasteiger partial charge < -0.3 is 26.2 Å². The molecule has 2 atom stereocenters. The quantitative estimate of drug-likeness (QED) is 0.320. The van der Waals surface area contributed by atoms with Gasteiger partial charge in [-0.1, -0.05) is 12.1 Å². The lowest BCUT2D eigenvalue weighted by molar-refractivity contribution is -0.123. The number of primary amides is 1. The number of piperidine rings is 1. The first-order chi connectivity index (χ1) is 15.1. The Morgan fingerprint density at radius 1 is 1.26 bits per heavy atom. The van der Waals surface area contributed by atoms with Gasteiger partial charge in [-0.15, -0.1) is 0 Å². The molecular weight excluding hydrogens is 388 g/mol. The highest BCUT2D eigenvalue weighted by atomic mass is 16.1. The zero-order valence-electron chi connectivity index (χ0n) is 19.3. The number of nitrogens with one attached hydrogen (secondary N) is 2. The van der Waals surface area contributed by atoms with Gasteiger partial charge in [0, 0.05) is 38.4 Å². The van der Waals surface area contributed by atoms with Crippen molar-refractivity contribution < 1.29 is 4.79 Å². The molecule has 1 amide bonds. The van der Waals surface area contributed by atoms with Gasteiger partial charge in [0.1, 0.15) is 0 Å². The van der Waals surface area contributed by atoms with Crippen molar-refractivity contribution in [3.8, 4) is 0 Å². The van der Waals surface area contributed by atoms with Crippen LogP contribution in [-0.4, -0.2) is 62.6 Å². The zero-order chi connectivity index (χ0) is 22.1. The van der Waals surface area contributed by atoms with Crippen LogP contribution in [0.25, 0.3) is 0 Å². The number of amides is 1. The monoisotopic (exact) mass is 428 g/mol. The van der Waals surface area contributed by atoms with E-state index in [2.05, 4.69) is 58.5 Å². The SMILES string of the molecule is CCNC(=NCCCN1CCCC(C(N)=O)C1)NC(C)c1cccc(N2CCCC2)c1. The molecule has 1 aromatic carbocycles. The molecule has 0 bridgehead atoms. The molecule has 1 aromatic rings. The molecule has 0 radical (unpaired) electrons. The highest BCUT2D eigenvalue weighted by Gasteiger charge is 2.23. The van der Waals surface area contributed by atoms with Crippen molar-refractivity contribution in [2.24, 2.45) is 16.6 Å². The summed E-state index contributed by atoms with van der Waals surface area (Å²) in [6.07, 6.45) is 5.52. The number of nitrogens with zero attached hydrogens (tertiary/aromatic N) is 3. The van der Waals surface area contributed by atoms with E-state index in [-0.39, 0.29) is 17.9 Å². The average molecular weight is 429 g/mol. The Kier molecular flexibility index (Phi) is 9.00. The first-order valence-electron chi connectivity index (χ1n) is 12.0. The molecule has 2 heterocycles. The van der Waals surface area contributed by atoms with E-state index >= 15 is 0 Å². The predicted octanol–water partition coefficient (Wildman–Crippen LogP) is 2.49. The third kappa shape index (κ3) is 7.13. The van der Waals surface area contributed by atoms with Crippen LogP contribution in [0.5, 0.6) is 0 Å². The van der Waals surface area contributed by atoms with E-state index in [1.54, 1.807) is 0 Å². The van der Waals surface area contributed by atoms with E-state index in [1.165, 1.54) is 24.1 Å². The van der Waals surface area contributed by atoms with Crippen molar-refractivity contribution in [1.29, 1.82) is 0 Å². The molecule has 7 heteroatoms. The predicted molar refractivity (Wildman–Crippen MR) is 128 cm³/mol. The van der Waals surface area contributed by atoms with Gasteiger partial charge in [0.05, 0.1) is 12.0 Å². The van der Waals surface area contributed by atoms with E-state index in [0.29, 0.717) is 0 Å². The van der Waals surface area contributed by atoms with Crippen molar-refractivity contribution in [3.05, 3.63) is 29.8 Å². The minimum absolute atomic E-state index is 0.00779. The van der Waals surface area contributed by atoms with Crippen molar-refractivity contribution in [1.82, 2.24) is 15.5 Å². The number of benzene rings is 1. The van der Waals surface area contributed by atoms with Gasteiger partial charge in [-0.25, -0.2) is 0 Å². The summed E-state index contributed by atoms with van der Waals surface area (Å²) >= 11 is 0. The molecule has 31 heavy (non-hydrogen) atoms. The highest BCUT2D eigenvalue weighted by molar-refractivity contribution is 5.80. The second-order valence-corrected chi connectivity index (χ2v) is 8.81. The number of carbonyl (C=O) groups is 1. The molecule has 2 unspecified atom stereocenters. The lowest BCUT2D eigenvalue weighted by Crippen LogP contribution is -2.41. The Hall–Kier alpha value is -2.28. The van der Waals surface area contributed by atoms with Crippen LogP contribution < -0.4 is 21.3 Å². The van der Waals surface area contributed by atoms with Gasteiger partial charge in [0.2, 0.25) is 5.91 Å². The van der Waals surface area contributed by atoms with Crippen LogP contribution in [0.2, 0.25) is 0 Å². The fourth-order valence-corrected chi connectivity index (χ4v) is 4.55. The molecular formula is C24H40N6O. The van der Waals surface area contributed by atoms with Gasteiger partial charge >= 0.3 is 0 Å². The Morgan fingerprint density at radius 2 is 2.06 bits per heavy atom. The molecule has 2 aliphatic rings. The first kappa shape index (κ1) is 23.4. The van der Waals surface area contributed by atoms with E-state index in [9.17, 15) is 4.79 Å². The lowest BCUT2D eigenvalue weighted by atomic mass is 9.97. The maximum atomic E-state index is 11.5. The molecule has 3 rings (SSSR count). The van der Waals surface area contributed by atoms with Gasteiger partial charge in [-0.3, -0.25) is 9.79 Å². The number of nitrogens with two attached hydrogens (primary N) is 1. The van der Waals surface area contributed by atoms with Crippen LogP contribution in [0, 0.1) is 5.92 Å². The van der Waals surface area contributed by atoms with E-state index in [4.69, 9.17) is 10.7 Å². The van der Waals surface area contributed by atoms with Gasteiger partial charge in [0.15, 0.2) is 5.96 Å².